The van der Waals surface area contributed by atoms with Crippen LogP contribution < -0.4 is 10.6 Å². The summed E-state index contributed by atoms with van der Waals surface area (Å²) in [6.07, 6.45) is 4.13. The van der Waals surface area contributed by atoms with E-state index < -0.39 is 0 Å². The highest BCUT2D eigenvalue weighted by molar-refractivity contribution is 6.30. The van der Waals surface area contributed by atoms with Crippen LogP contribution in [0, 0.1) is 5.92 Å². The average Bonchev–Trinajstić information content (AvgIpc) is 2.64. The predicted molar refractivity (Wildman–Crippen MR) is 115 cm³/mol. The highest BCUT2D eigenvalue weighted by Gasteiger charge is 2.14. The van der Waals surface area contributed by atoms with E-state index >= 15 is 0 Å². The summed E-state index contributed by atoms with van der Waals surface area (Å²) >= 11 is 5.94. The molecular formula is C23H29ClN2O. The SMILES string of the molecule is CC(C)=CCN(CC(C)C(N)=O)c1ccc(CCc2ccc(Cl)cc2)cc1. The summed E-state index contributed by atoms with van der Waals surface area (Å²) in [6.45, 7) is 7.41. The van der Waals surface area contributed by atoms with Gasteiger partial charge in [0.1, 0.15) is 0 Å². The molecule has 3 nitrogen and oxygen atoms in total. The zero-order chi connectivity index (χ0) is 19.8. The van der Waals surface area contributed by atoms with Gasteiger partial charge in [0.15, 0.2) is 0 Å². The molecule has 0 aliphatic heterocycles. The van der Waals surface area contributed by atoms with E-state index in [2.05, 4.69) is 61.2 Å². The zero-order valence-corrected chi connectivity index (χ0v) is 17.2. The van der Waals surface area contributed by atoms with Gasteiger partial charge < -0.3 is 10.6 Å². The first-order valence-corrected chi connectivity index (χ1v) is 9.74. The van der Waals surface area contributed by atoms with E-state index in [-0.39, 0.29) is 11.8 Å². The van der Waals surface area contributed by atoms with Crippen molar-refractivity contribution >= 4 is 23.2 Å². The van der Waals surface area contributed by atoms with Crippen molar-refractivity contribution in [2.24, 2.45) is 11.7 Å². The Kier molecular flexibility index (Phi) is 7.93. The molecule has 0 saturated carbocycles. The Morgan fingerprint density at radius 1 is 1.04 bits per heavy atom. The number of allylic oxidation sites excluding steroid dienone is 1. The lowest BCUT2D eigenvalue weighted by Gasteiger charge is -2.26. The first-order chi connectivity index (χ1) is 12.8. The number of nitrogens with zero attached hydrogens (tertiary/aromatic N) is 1. The van der Waals surface area contributed by atoms with Crippen LogP contribution in [0.1, 0.15) is 31.9 Å². The number of rotatable bonds is 9. The first kappa shape index (κ1) is 21.0. The molecule has 1 amide bonds. The Bertz CT molecular complexity index is 762. The minimum atomic E-state index is -0.267. The third kappa shape index (κ3) is 7.10. The maximum Gasteiger partial charge on any atom is 0.222 e. The minimum Gasteiger partial charge on any atom is -0.369 e. The van der Waals surface area contributed by atoms with Gasteiger partial charge in [0, 0.05) is 23.8 Å². The molecular weight excluding hydrogens is 356 g/mol. The molecule has 2 aromatic rings. The van der Waals surface area contributed by atoms with Crippen molar-refractivity contribution in [1.82, 2.24) is 0 Å². The highest BCUT2D eigenvalue weighted by Crippen LogP contribution is 2.19. The second-order valence-electron chi connectivity index (χ2n) is 7.28. The molecule has 1 atom stereocenters. The van der Waals surface area contributed by atoms with E-state index in [4.69, 9.17) is 17.3 Å². The van der Waals surface area contributed by atoms with E-state index in [1.165, 1.54) is 16.7 Å². The lowest BCUT2D eigenvalue weighted by Crippen LogP contribution is -2.35. The molecule has 0 aromatic heterocycles. The van der Waals surface area contributed by atoms with Crippen molar-refractivity contribution in [2.45, 2.75) is 33.6 Å². The number of hydrogen-bond donors (Lipinski definition) is 1. The number of hydrogen-bond acceptors (Lipinski definition) is 2. The molecule has 1 unspecified atom stereocenters. The molecule has 144 valence electrons. The van der Waals surface area contributed by atoms with Gasteiger partial charge >= 0.3 is 0 Å². The van der Waals surface area contributed by atoms with Gasteiger partial charge in [-0.2, -0.15) is 0 Å². The highest BCUT2D eigenvalue weighted by atomic mass is 35.5. The molecule has 2 rings (SSSR count). The monoisotopic (exact) mass is 384 g/mol. The second-order valence-corrected chi connectivity index (χ2v) is 7.72. The van der Waals surface area contributed by atoms with Crippen LogP contribution in [-0.2, 0) is 17.6 Å². The first-order valence-electron chi connectivity index (χ1n) is 9.36. The van der Waals surface area contributed by atoms with E-state index in [1.54, 1.807) is 0 Å². The Morgan fingerprint density at radius 3 is 2.04 bits per heavy atom. The normalized spacial score (nSPS) is 11.7. The Labute approximate surface area is 167 Å². The molecule has 0 fully saturated rings. The summed E-state index contributed by atoms with van der Waals surface area (Å²) in [7, 11) is 0. The van der Waals surface area contributed by atoms with Gasteiger partial charge in [0.25, 0.3) is 0 Å². The molecule has 4 heteroatoms. The van der Waals surface area contributed by atoms with Gasteiger partial charge in [-0.3, -0.25) is 4.79 Å². The lowest BCUT2D eigenvalue weighted by molar-refractivity contribution is -0.121. The van der Waals surface area contributed by atoms with Crippen molar-refractivity contribution in [1.29, 1.82) is 0 Å². The summed E-state index contributed by atoms with van der Waals surface area (Å²) in [4.78, 5) is 13.7. The second kappa shape index (κ2) is 10.2. The summed E-state index contributed by atoms with van der Waals surface area (Å²) in [5, 5.41) is 0.768. The maximum absolute atomic E-state index is 11.5. The number of primary amides is 1. The molecule has 0 saturated heterocycles. The van der Waals surface area contributed by atoms with Crippen LogP contribution in [0.4, 0.5) is 5.69 Å². The Hall–Kier alpha value is -2.26. The Balaban J connectivity index is 2.04. The number of nitrogens with two attached hydrogens (primary N) is 1. The number of halogens is 1. The van der Waals surface area contributed by atoms with Crippen LogP contribution in [0.5, 0.6) is 0 Å². The zero-order valence-electron chi connectivity index (χ0n) is 16.4. The molecule has 2 N–H and O–H groups in total. The molecule has 0 spiro atoms. The van der Waals surface area contributed by atoms with Crippen molar-refractivity contribution in [3.05, 3.63) is 76.3 Å². The van der Waals surface area contributed by atoms with Gasteiger partial charge in [0.05, 0.1) is 5.92 Å². The summed E-state index contributed by atoms with van der Waals surface area (Å²) < 4.78 is 0. The van der Waals surface area contributed by atoms with Gasteiger partial charge in [-0.25, -0.2) is 0 Å². The quantitative estimate of drug-likeness (QED) is 0.617. The van der Waals surface area contributed by atoms with Gasteiger partial charge in [0.2, 0.25) is 5.91 Å². The van der Waals surface area contributed by atoms with Crippen LogP contribution >= 0.6 is 11.6 Å². The maximum atomic E-state index is 11.5. The van der Waals surface area contributed by atoms with E-state index in [0.717, 1.165) is 30.1 Å². The number of aryl methyl sites for hydroxylation is 2. The summed E-state index contributed by atoms with van der Waals surface area (Å²) in [5.74, 6) is -0.461. The van der Waals surface area contributed by atoms with Gasteiger partial charge in [-0.1, -0.05) is 54.4 Å². The van der Waals surface area contributed by atoms with Gasteiger partial charge in [-0.05, 0) is 62.1 Å². The average molecular weight is 385 g/mol. The van der Waals surface area contributed by atoms with Crippen molar-refractivity contribution in [3.8, 4) is 0 Å². The largest absolute Gasteiger partial charge is 0.369 e. The van der Waals surface area contributed by atoms with Crippen LogP contribution in [0.3, 0.4) is 0 Å². The van der Waals surface area contributed by atoms with Crippen molar-refractivity contribution < 1.29 is 4.79 Å². The van der Waals surface area contributed by atoms with Crippen LogP contribution in [0.25, 0.3) is 0 Å². The van der Waals surface area contributed by atoms with Crippen LogP contribution in [-0.4, -0.2) is 19.0 Å². The van der Waals surface area contributed by atoms with Gasteiger partial charge in [-0.15, -0.1) is 0 Å². The smallest absolute Gasteiger partial charge is 0.222 e. The molecule has 0 bridgehead atoms. The summed E-state index contributed by atoms with van der Waals surface area (Å²) in [5.41, 5.74) is 10.4. The fraction of sp³-hybridized carbons (Fsp3) is 0.348. The fourth-order valence-corrected chi connectivity index (χ4v) is 2.94. The standard InChI is InChI=1S/C23H29ClN2O/c1-17(2)14-15-26(16-18(3)23(25)27)22-12-8-20(9-13-22)5-4-19-6-10-21(24)11-7-19/h6-14,18H,4-5,15-16H2,1-3H3,(H2,25,27). The molecule has 0 heterocycles. The predicted octanol–water partition coefficient (Wildman–Crippen LogP) is 5.02. The Morgan fingerprint density at radius 2 is 1.56 bits per heavy atom. The molecule has 27 heavy (non-hydrogen) atoms. The summed E-state index contributed by atoms with van der Waals surface area (Å²) in [6, 6.07) is 16.6. The number of anilines is 1. The van der Waals surface area contributed by atoms with Crippen molar-refractivity contribution in [3.63, 3.8) is 0 Å². The lowest BCUT2D eigenvalue weighted by atomic mass is 10.0. The van der Waals surface area contributed by atoms with Crippen LogP contribution in [0.2, 0.25) is 5.02 Å². The van der Waals surface area contributed by atoms with E-state index in [1.807, 2.05) is 19.1 Å². The van der Waals surface area contributed by atoms with E-state index in [0.29, 0.717) is 6.54 Å². The number of carbonyl (C=O) groups is 1. The van der Waals surface area contributed by atoms with Crippen molar-refractivity contribution in [2.75, 3.05) is 18.0 Å². The third-order valence-corrected chi connectivity index (χ3v) is 4.87. The third-order valence-electron chi connectivity index (χ3n) is 4.62. The number of carbonyl (C=O) groups excluding carboxylic acids is 1. The molecule has 0 radical (unpaired) electrons. The fourth-order valence-electron chi connectivity index (χ4n) is 2.81. The number of benzene rings is 2. The molecule has 0 aliphatic rings. The minimum absolute atomic E-state index is 0.194. The topological polar surface area (TPSA) is 46.3 Å². The molecule has 2 aromatic carbocycles. The molecule has 0 aliphatic carbocycles. The number of amides is 1. The van der Waals surface area contributed by atoms with E-state index in [9.17, 15) is 4.79 Å². The van der Waals surface area contributed by atoms with Crippen LogP contribution in [0.15, 0.2) is 60.2 Å².